The average Bonchev–Trinajstić information content (AvgIpc) is 3.24. The number of carbonyl (C=O) groups excluding carboxylic acids is 1. The second-order valence-corrected chi connectivity index (χ2v) is 9.81. The lowest BCUT2D eigenvalue weighted by Crippen LogP contribution is -2.43. The molecule has 0 aliphatic heterocycles. The van der Waals surface area contributed by atoms with Crippen molar-refractivity contribution < 1.29 is 4.79 Å². The van der Waals surface area contributed by atoms with Crippen molar-refractivity contribution in [3.63, 3.8) is 0 Å². The van der Waals surface area contributed by atoms with Crippen molar-refractivity contribution in [2.45, 2.75) is 98.7 Å². The number of rotatable bonds is 11. The van der Waals surface area contributed by atoms with Gasteiger partial charge in [0.05, 0.1) is 6.33 Å². The summed E-state index contributed by atoms with van der Waals surface area (Å²) in [5, 5.41) is 3.03. The molecule has 8 heteroatoms. The first-order valence-electron chi connectivity index (χ1n) is 12.8. The van der Waals surface area contributed by atoms with Gasteiger partial charge in [0.15, 0.2) is 11.2 Å². The standard InChI is InChI=1S/C27H39N5O3/c1-7-9-14-30-17-28-25-24(30)26(34)32(27(35)31(25)15-10-8-2)16-22(33)29-23-20(18(3)4)12-11-13-21(23)19(5)6/h11-13,17-19H,7-10,14-16H2,1-6H3,(H,29,33). The number of nitrogens with one attached hydrogen (secondary N) is 1. The van der Waals surface area contributed by atoms with Gasteiger partial charge >= 0.3 is 5.69 Å². The zero-order valence-corrected chi connectivity index (χ0v) is 21.9. The molecule has 0 aliphatic carbocycles. The lowest BCUT2D eigenvalue weighted by Gasteiger charge is -2.20. The number of anilines is 1. The molecule has 2 aromatic heterocycles. The number of aryl methyl sites for hydroxylation is 2. The van der Waals surface area contributed by atoms with Crippen LogP contribution in [-0.2, 0) is 24.4 Å². The van der Waals surface area contributed by atoms with E-state index in [2.05, 4.69) is 44.9 Å². The highest BCUT2D eigenvalue weighted by atomic mass is 16.2. The summed E-state index contributed by atoms with van der Waals surface area (Å²) in [6, 6.07) is 6.02. The van der Waals surface area contributed by atoms with Crippen molar-refractivity contribution in [1.29, 1.82) is 0 Å². The largest absolute Gasteiger partial charge is 0.333 e. The molecule has 0 fully saturated rings. The summed E-state index contributed by atoms with van der Waals surface area (Å²) in [5.74, 6) is 0.0322. The van der Waals surface area contributed by atoms with Gasteiger partial charge in [0.25, 0.3) is 5.56 Å². The van der Waals surface area contributed by atoms with Gasteiger partial charge in [-0.2, -0.15) is 0 Å². The Labute approximate surface area is 207 Å². The second-order valence-electron chi connectivity index (χ2n) is 9.81. The Hall–Kier alpha value is -3.16. The van der Waals surface area contributed by atoms with Gasteiger partial charge in [-0.15, -0.1) is 0 Å². The smallest absolute Gasteiger partial charge is 0.325 e. The predicted molar refractivity (Wildman–Crippen MR) is 141 cm³/mol. The molecule has 0 bridgehead atoms. The molecule has 1 N–H and O–H groups in total. The van der Waals surface area contributed by atoms with Gasteiger partial charge in [-0.1, -0.05) is 72.6 Å². The minimum Gasteiger partial charge on any atom is -0.325 e. The highest BCUT2D eigenvalue weighted by Crippen LogP contribution is 2.32. The number of para-hydroxylation sites is 1. The molecule has 0 unspecified atom stereocenters. The third-order valence-corrected chi connectivity index (χ3v) is 6.41. The van der Waals surface area contributed by atoms with Gasteiger partial charge in [0.1, 0.15) is 6.54 Å². The predicted octanol–water partition coefficient (Wildman–Crippen LogP) is 4.85. The molecular formula is C27H39N5O3. The number of imidazole rings is 1. The van der Waals surface area contributed by atoms with Crippen LogP contribution in [0.4, 0.5) is 5.69 Å². The van der Waals surface area contributed by atoms with Gasteiger partial charge in [-0.25, -0.2) is 14.3 Å². The van der Waals surface area contributed by atoms with Crippen molar-refractivity contribution in [3.05, 3.63) is 56.5 Å². The molecule has 8 nitrogen and oxygen atoms in total. The summed E-state index contributed by atoms with van der Waals surface area (Å²) in [7, 11) is 0. The molecule has 190 valence electrons. The number of aromatic nitrogens is 4. The molecular weight excluding hydrogens is 442 g/mol. The summed E-state index contributed by atoms with van der Waals surface area (Å²) >= 11 is 0. The van der Waals surface area contributed by atoms with Gasteiger partial charge < -0.3 is 9.88 Å². The van der Waals surface area contributed by atoms with E-state index in [-0.39, 0.29) is 24.3 Å². The Morgan fingerprint density at radius 1 is 0.943 bits per heavy atom. The van der Waals surface area contributed by atoms with E-state index in [0.29, 0.717) is 24.3 Å². The van der Waals surface area contributed by atoms with Crippen LogP contribution in [-0.4, -0.2) is 24.6 Å². The van der Waals surface area contributed by atoms with Gasteiger partial charge in [-0.05, 0) is 35.8 Å². The maximum Gasteiger partial charge on any atom is 0.333 e. The van der Waals surface area contributed by atoms with Gasteiger partial charge in [-0.3, -0.25) is 14.2 Å². The van der Waals surface area contributed by atoms with Gasteiger partial charge in [0.2, 0.25) is 5.91 Å². The third kappa shape index (κ3) is 5.57. The normalized spacial score (nSPS) is 11.7. The van der Waals surface area contributed by atoms with Crippen LogP contribution in [0.15, 0.2) is 34.1 Å². The molecule has 3 aromatic rings. The lowest BCUT2D eigenvalue weighted by molar-refractivity contribution is -0.116. The summed E-state index contributed by atoms with van der Waals surface area (Å²) in [4.78, 5) is 44.5. The zero-order valence-electron chi connectivity index (χ0n) is 21.9. The summed E-state index contributed by atoms with van der Waals surface area (Å²) in [6.45, 7) is 13.2. The first-order chi connectivity index (χ1) is 16.7. The molecule has 0 saturated carbocycles. The monoisotopic (exact) mass is 481 g/mol. The fraction of sp³-hybridized carbons (Fsp3) is 0.556. The maximum atomic E-state index is 13.5. The number of unbranched alkanes of at least 4 members (excludes halogenated alkanes) is 2. The molecule has 0 spiro atoms. The molecule has 1 aromatic carbocycles. The Kier molecular flexibility index (Phi) is 8.70. The number of benzene rings is 1. The van der Waals surface area contributed by atoms with Crippen molar-refractivity contribution >= 4 is 22.8 Å². The van der Waals surface area contributed by atoms with Crippen LogP contribution in [0.5, 0.6) is 0 Å². The number of fused-ring (bicyclic) bond motifs is 1. The van der Waals surface area contributed by atoms with Crippen LogP contribution in [0.1, 0.15) is 90.2 Å². The minimum atomic E-state index is -0.493. The van der Waals surface area contributed by atoms with Crippen LogP contribution in [0.2, 0.25) is 0 Å². The van der Waals surface area contributed by atoms with E-state index < -0.39 is 11.2 Å². The Bertz CT molecular complexity index is 1270. The maximum absolute atomic E-state index is 13.5. The van der Waals surface area contributed by atoms with E-state index in [1.54, 1.807) is 6.33 Å². The van der Waals surface area contributed by atoms with Crippen LogP contribution < -0.4 is 16.6 Å². The third-order valence-electron chi connectivity index (χ3n) is 6.41. The summed E-state index contributed by atoms with van der Waals surface area (Å²) < 4.78 is 4.41. The molecule has 1 amide bonds. The number of amides is 1. The molecule has 2 heterocycles. The van der Waals surface area contributed by atoms with Gasteiger partial charge in [0, 0.05) is 18.8 Å². The number of hydrogen-bond acceptors (Lipinski definition) is 4. The summed E-state index contributed by atoms with van der Waals surface area (Å²) in [6.07, 6.45) is 5.17. The van der Waals surface area contributed by atoms with E-state index in [1.807, 2.05) is 29.7 Å². The minimum absolute atomic E-state index is 0.210. The Morgan fingerprint density at radius 3 is 2.11 bits per heavy atom. The number of hydrogen-bond donors (Lipinski definition) is 1. The topological polar surface area (TPSA) is 90.9 Å². The van der Waals surface area contributed by atoms with E-state index in [0.717, 1.165) is 47.1 Å². The molecule has 0 radical (unpaired) electrons. The highest BCUT2D eigenvalue weighted by molar-refractivity contribution is 5.92. The van der Waals surface area contributed by atoms with Crippen LogP contribution in [0.25, 0.3) is 11.2 Å². The average molecular weight is 482 g/mol. The lowest BCUT2D eigenvalue weighted by atomic mass is 9.92. The SMILES string of the molecule is CCCCn1cnc2c1c(=O)n(CC(=O)Nc1c(C(C)C)cccc1C(C)C)c(=O)n2CCCC. The fourth-order valence-electron chi connectivity index (χ4n) is 4.41. The van der Waals surface area contributed by atoms with Crippen LogP contribution in [0, 0.1) is 0 Å². The Balaban J connectivity index is 2.07. The molecule has 0 saturated heterocycles. The first-order valence-corrected chi connectivity index (χ1v) is 12.8. The van der Waals surface area contributed by atoms with Crippen molar-refractivity contribution in [2.24, 2.45) is 0 Å². The Morgan fingerprint density at radius 2 is 1.54 bits per heavy atom. The first kappa shape index (κ1) is 26.4. The van der Waals surface area contributed by atoms with E-state index in [4.69, 9.17) is 0 Å². The number of carbonyl (C=O) groups is 1. The van der Waals surface area contributed by atoms with Crippen molar-refractivity contribution in [2.75, 3.05) is 5.32 Å². The van der Waals surface area contributed by atoms with Crippen LogP contribution in [0.3, 0.4) is 0 Å². The van der Waals surface area contributed by atoms with E-state index >= 15 is 0 Å². The summed E-state index contributed by atoms with van der Waals surface area (Å²) in [5.41, 5.74) is 2.66. The van der Waals surface area contributed by atoms with E-state index in [9.17, 15) is 14.4 Å². The van der Waals surface area contributed by atoms with Crippen molar-refractivity contribution in [3.8, 4) is 0 Å². The molecule has 3 rings (SSSR count). The molecule has 35 heavy (non-hydrogen) atoms. The highest BCUT2D eigenvalue weighted by Gasteiger charge is 2.21. The molecule has 0 aliphatic rings. The second kappa shape index (κ2) is 11.5. The van der Waals surface area contributed by atoms with E-state index in [1.165, 1.54) is 4.57 Å². The number of nitrogens with zero attached hydrogens (tertiary/aromatic N) is 4. The molecule has 0 atom stereocenters. The fourth-order valence-corrected chi connectivity index (χ4v) is 4.41. The van der Waals surface area contributed by atoms with Crippen molar-refractivity contribution in [1.82, 2.24) is 18.7 Å². The zero-order chi connectivity index (χ0) is 25.7. The quantitative estimate of drug-likeness (QED) is 0.424. The van der Waals surface area contributed by atoms with Crippen LogP contribution >= 0.6 is 0 Å².